The van der Waals surface area contributed by atoms with Crippen LogP contribution in [0.4, 0.5) is 0 Å². The van der Waals surface area contributed by atoms with Gasteiger partial charge in [-0.15, -0.1) is 0 Å². The van der Waals surface area contributed by atoms with Crippen LogP contribution in [0, 0.1) is 11.4 Å². The number of amides is 2. The van der Waals surface area contributed by atoms with Crippen LogP contribution >= 0.6 is 0 Å². The molecule has 2 aromatic carbocycles. The van der Waals surface area contributed by atoms with Crippen LogP contribution < -0.4 is 15.4 Å². The van der Waals surface area contributed by atoms with Crippen molar-refractivity contribution < 1.29 is 27.5 Å². The van der Waals surface area contributed by atoms with Crippen LogP contribution in [0.25, 0.3) is 10.8 Å². The maximum absolute atomic E-state index is 13.9. The minimum atomic E-state index is -4.18. The number of fused-ring (bicyclic) bond motifs is 1. The summed E-state index contributed by atoms with van der Waals surface area (Å²) in [5, 5.41) is 11.3. The third kappa shape index (κ3) is 8.79. The van der Waals surface area contributed by atoms with Gasteiger partial charge in [-0.05, 0) is 74.0 Å². The number of piperidine rings is 1. The summed E-state index contributed by atoms with van der Waals surface area (Å²) >= 11 is 0. The molecule has 2 aliphatic rings. The fourth-order valence-electron chi connectivity index (χ4n) is 5.36. The predicted molar refractivity (Wildman–Crippen MR) is 156 cm³/mol. The van der Waals surface area contributed by atoms with Crippen molar-refractivity contribution >= 4 is 38.6 Å². The molecule has 2 fully saturated rings. The second kappa shape index (κ2) is 14.7. The number of sulfonamides is 1. The first-order valence-corrected chi connectivity index (χ1v) is 15.9. The van der Waals surface area contributed by atoms with E-state index < -0.39 is 46.3 Å². The average Bonchev–Trinajstić information content (AvgIpc) is 3.81. The monoisotopic (exact) mass is 600 g/mol. The number of esters is 1. The Labute approximate surface area is 246 Å². The Morgan fingerprint density at radius 2 is 1.90 bits per heavy atom. The maximum Gasteiger partial charge on any atom is 0.302 e. The van der Waals surface area contributed by atoms with Crippen molar-refractivity contribution in [1.82, 2.24) is 20.3 Å². The lowest BCUT2D eigenvalue weighted by Crippen LogP contribution is -2.53. The number of hydrogen-bond donors (Lipinski definition) is 4. The van der Waals surface area contributed by atoms with Crippen molar-refractivity contribution in [2.75, 3.05) is 32.8 Å². The van der Waals surface area contributed by atoms with E-state index in [1.807, 2.05) is 18.2 Å². The highest BCUT2D eigenvalue weighted by Crippen LogP contribution is 2.28. The number of nitrogens with zero attached hydrogens (tertiary/aromatic N) is 2. The second-order valence-corrected chi connectivity index (χ2v) is 12.7. The molecule has 2 amide bonds. The Balaban J connectivity index is 1.54. The first-order valence-electron chi connectivity index (χ1n) is 14.5. The summed E-state index contributed by atoms with van der Waals surface area (Å²) < 4.78 is 34.7. The molecule has 13 heteroatoms. The van der Waals surface area contributed by atoms with Gasteiger partial charge in [-0.3, -0.25) is 14.4 Å². The van der Waals surface area contributed by atoms with Crippen LogP contribution in [0.3, 0.4) is 0 Å². The Morgan fingerprint density at radius 1 is 1.14 bits per heavy atom. The number of nitrogens with one attached hydrogen (secondary N) is 4. The largest absolute Gasteiger partial charge is 0.466 e. The summed E-state index contributed by atoms with van der Waals surface area (Å²) in [5.74, 6) is -1.34. The zero-order valence-electron chi connectivity index (χ0n) is 23.9. The van der Waals surface area contributed by atoms with Gasteiger partial charge in [0.15, 0.2) is 0 Å². The third-order valence-electron chi connectivity index (χ3n) is 7.67. The first-order chi connectivity index (χ1) is 20.2. The molecular formula is C29H40N6O6S. The Bertz CT molecular complexity index is 1380. The maximum atomic E-state index is 13.9. The number of carbonyl (C=O) groups excluding carboxylic acids is 3. The molecule has 1 saturated carbocycles. The molecule has 1 aliphatic carbocycles. The number of hydrogen-bond acceptors (Lipinski definition) is 9. The molecule has 2 aromatic rings. The summed E-state index contributed by atoms with van der Waals surface area (Å²) in [6.45, 7) is 3.37. The van der Waals surface area contributed by atoms with Crippen LogP contribution in [0.15, 0.2) is 52.5 Å². The summed E-state index contributed by atoms with van der Waals surface area (Å²) in [6.07, 6.45) is 3.33. The van der Waals surface area contributed by atoms with Gasteiger partial charge in [0, 0.05) is 19.5 Å². The van der Waals surface area contributed by atoms with Gasteiger partial charge in [-0.1, -0.05) is 30.3 Å². The molecular weight excluding hydrogens is 560 g/mol. The zero-order valence-corrected chi connectivity index (χ0v) is 24.7. The van der Waals surface area contributed by atoms with Crippen molar-refractivity contribution in [3.05, 3.63) is 42.5 Å². The van der Waals surface area contributed by atoms with Crippen molar-refractivity contribution in [3.63, 3.8) is 0 Å². The smallest absolute Gasteiger partial charge is 0.302 e. The highest BCUT2D eigenvalue weighted by Gasteiger charge is 2.38. The summed E-state index contributed by atoms with van der Waals surface area (Å²) in [4.78, 5) is 40.0. The number of benzene rings is 2. The molecule has 1 aliphatic heterocycles. The molecule has 0 spiro atoms. The van der Waals surface area contributed by atoms with Gasteiger partial charge >= 0.3 is 5.97 Å². The fraction of sp³-hybridized carbons (Fsp3) is 0.552. The van der Waals surface area contributed by atoms with E-state index in [-0.39, 0.29) is 36.6 Å². The quantitative estimate of drug-likeness (QED) is 0.138. The predicted octanol–water partition coefficient (Wildman–Crippen LogP) is 2.34. The third-order valence-corrected chi connectivity index (χ3v) is 9.14. The highest BCUT2D eigenvalue weighted by molar-refractivity contribution is 7.89. The molecule has 1 unspecified atom stereocenters. The average molecular weight is 601 g/mol. The molecule has 42 heavy (non-hydrogen) atoms. The SMILES string of the molecule is CC(=O)OCCCN(C(=O)[C@H](CC(=O)NC(CN=N)[C@H]1CCCNC1)NS(=O)(=O)c1ccc2ccccc2c1)C1CC1. The van der Waals surface area contributed by atoms with Crippen LogP contribution in [-0.2, 0) is 29.1 Å². The van der Waals surface area contributed by atoms with Crippen LogP contribution in [-0.4, -0.2) is 82.0 Å². The Kier molecular flexibility index (Phi) is 11.0. The van der Waals surface area contributed by atoms with Gasteiger partial charge in [0.25, 0.3) is 0 Å². The van der Waals surface area contributed by atoms with Crippen molar-refractivity contribution in [2.24, 2.45) is 11.0 Å². The van der Waals surface area contributed by atoms with Crippen LogP contribution in [0.2, 0.25) is 0 Å². The van der Waals surface area contributed by atoms with Gasteiger partial charge in [0.05, 0.1) is 30.5 Å². The lowest BCUT2D eigenvalue weighted by molar-refractivity contribution is -0.141. The van der Waals surface area contributed by atoms with E-state index in [1.54, 1.807) is 23.1 Å². The lowest BCUT2D eigenvalue weighted by Gasteiger charge is -2.31. The van der Waals surface area contributed by atoms with Crippen LogP contribution in [0.1, 0.15) is 45.4 Å². The summed E-state index contributed by atoms with van der Waals surface area (Å²) in [5.41, 5.74) is 7.36. The highest BCUT2D eigenvalue weighted by atomic mass is 32.2. The zero-order chi connectivity index (χ0) is 30.1. The summed E-state index contributed by atoms with van der Waals surface area (Å²) in [6, 6.07) is 10.3. The van der Waals surface area contributed by atoms with Gasteiger partial charge < -0.3 is 20.3 Å². The first kappa shape index (κ1) is 31.5. The topological polar surface area (TPSA) is 170 Å². The molecule has 1 saturated heterocycles. The molecule has 0 aromatic heterocycles. The second-order valence-electron chi connectivity index (χ2n) is 11.0. The van der Waals surface area contributed by atoms with Gasteiger partial charge in [-0.25, -0.2) is 13.9 Å². The van der Waals surface area contributed by atoms with Gasteiger partial charge in [0.1, 0.15) is 6.04 Å². The van der Waals surface area contributed by atoms with E-state index in [0.717, 1.165) is 43.0 Å². The van der Waals surface area contributed by atoms with Crippen molar-refractivity contribution in [1.29, 1.82) is 5.53 Å². The standard InChI is InChI=1S/C29H40N6O6S/c1-20(36)41-15-5-14-35(24-10-11-24)29(38)26(17-28(37)33-27(19-32-30)23-8-4-13-31-18-23)34-42(39,40)25-12-9-21-6-2-3-7-22(21)16-25/h2-3,6-7,9,12,16,23-24,26-27,30-31,34H,4-5,8,10-11,13-15,17-19H2,1H3,(H,33,37)/t23-,26-,27?/m0/s1. The summed E-state index contributed by atoms with van der Waals surface area (Å²) in [7, 11) is -4.18. The van der Waals surface area contributed by atoms with E-state index in [4.69, 9.17) is 10.3 Å². The molecule has 4 rings (SSSR count). The fourth-order valence-corrected chi connectivity index (χ4v) is 6.59. The van der Waals surface area contributed by atoms with E-state index in [0.29, 0.717) is 13.0 Å². The van der Waals surface area contributed by atoms with Crippen LogP contribution in [0.5, 0.6) is 0 Å². The molecule has 0 radical (unpaired) electrons. The molecule has 4 N–H and O–H groups in total. The normalized spacial score (nSPS) is 18.5. The van der Waals surface area contributed by atoms with Crippen molar-refractivity contribution in [2.45, 2.75) is 68.5 Å². The van der Waals surface area contributed by atoms with E-state index >= 15 is 0 Å². The van der Waals surface area contributed by atoms with Crippen molar-refractivity contribution in [3.8, 4) is 0 Å². The van der Waals surface area contributed by atoms with E-state index in [2.05, 4.69) is 20.5 Å². The molecule has 1 heterocycles. The number of ether oxygens (including phenoxy) is 1. The Morgan fingerprint density at radius 3 is 2.57 bits per heavy atom. The van der Waals surface area contributed by atoms with Gasteiger partial charge in [0.2, 0.25) is 21.8 Å². The van der Waals surface area contributed by atoms with E-state index in [9.17, 15) is 22.8 Å². The Hall–Kier alpha value is -3.42. The molecule has 12 nitrogen and oxygen atoms in total. The minimum absolute atomic E-state index is 0.00796. The van der Waals surface area contributed by atoms with Gasteiger partial charge in [-0.2, -0.15) is 9.84 Å². The number of carbonyl (C=O) groups is 3. The molecule has 228 valence electrons. The minimum Gasteiger partial charge on any atom is -0.466 e. The lowest BCUT2D eigenvalue weighted by atomic mass is 9.91. The molecule has 0 bridgehead atoms. The van der Waals surface area contributed by atoms with E-state index in [1.165, 1.54) is 13.0 Å². The molecule has 3 atom stereocenters. The number of rotatable bonds is 15.